The van der Waals surface area contributed by atoms with Gasteiger partial charge in [-0.1, -0.05) is 43.5 Å². The number of pyridine rings is 2. The lowest BCUT2D eigenvalue weighted by Gasteiger charge is -2.24. The van der Waals surface area contributed by atoms with Crippen molar-refractivity contribution in [3.8, 4) is 0 Å². The van der Waals surface area contributed by atoms with E-state index in [0.717, 1.165) is 44.0 Å². The summed E-state index contributed by atoms with van der Waals surface area (Å²) in [7, 11) is 1.84. The third-order valence-electron chi connectivity index (χ3n) is 7.29. The zero-order valence-electron chi connectivity index (χ0n) is 24.2. The van der Waals surface area contributed by atoms with E-state index in [4.69, 9.17) is 16.9 Å². The number of aromatic nitrogens is 2. The molecule has 1 saturated carbocycles. The van der Waals surface area contributed by atoms with Gasteiger partial charge in [-0.15, -0.1) is 0 Å². The molecule has 44 heavy (non-hydrogen) atoms. The van der Waals surface area contributed by atoms with Crippen LogP contribution in [0, 0.1) is 5.41 Å². The molecule has 1 aromatic carbocycles. The summed E-state index contributed by atoms with van der Waals surface area (Å²) in [6, 6.07) is 7.68. The second-order valence-corrected chi connectivity index (χ2v) is 10.7. The number of hydrogen-bond acceptors (Lipinski definition) is 8. The molecule has 0 unspecified atom stereocenters. The molecular formula is C31H35F3N8O2. The van der Waals surface area contributed by atoms with Gasteiger partial charge in [0.15, 0.2) is 0 Å². The Labute approximate surface area is 253 Å². The first kappa shape index (κ1) is 32.1. The number of amides is 2. The van der Waals surface area contributed by atoms with Crippen molar-refractivity contribution in [2.75, 3.05) is 36.9 Å². The molecule has 0 atom stereocenters. The van der Waals surface area contributed by atoms with E-state index in [0.29, 0.717) is 17.7 Å². The maximum Gasteiger partial charge on any atom is 0.416 e. The number of alkyl halides is 3. The molecule has 13 heteroatoms. The molecule has 0 bridgehead atoms. The molecule has 4 rings (SSSR count). The average molecular weight is 609 g/mol. The molecule has 3 aromatic rings. The van der Waals surface area contributed by atoms with E-state index >= 15 is 0 Å². The van der Waals surface area contributed by atoms with Crippen LogP contribution in [0.1, 0.15) is 64.7 Å². The van der Waals surface area contributed by atoms with Crippen molar-refractivity contribution in [1.82, 2.24) is 20.2 Å². The first-order valence-electron chi connectivity index (χ1n) is 14.1. The minimum atomic E-state index is -4.57. The maximum atomic E-state index is 13.0. The van der Waals surface area contributed by atoms with Crippen LogP contribution in [0.15, 0.2) is 54.9 Å². The standard InChI is InChI=1S/C31H35F3N8O2/c1-42(18-25(43)40-23-7-3-2-4-8-23)15-5-6-21-17-39-29(37)26(28(21)36)27(35)19-9-11-20(12-10-19)30(44)41-24-16-22(13-14-38-24)31(32,33)34/h5-6,9-14,16-17,23,35H,2-4,7-8,15,18H2,1H3,(H,40,43)(H4,36,37,39)(H,38,41,44)/b6-5+,35-27?. The average Bonchev–Trinajstić information content (AvgIpc) is 2.98. The summed E-state index contributed by atoms with van der Waals surface area (Å²) >= 11 is 0. The third kappa shape index (κ3) is 8.40. The van der Waals surface area contributed by atoms with E-state index in [9.17, 15) is 22.8 Å². The van der Waals surface area contributed by atoms with E-state index < -0.39 is 17.6 Å². The van der Waals surface area contributed by atoms with Crippen LogP contribution in [0.3, 0.4) is 0 Å². The number of nitrogens with two attached hydrogens (primary N) is 2. The van der Waals surface area contributed by atoms with Crippen LogP contribution in [0.25, 0.3) is 6.08 Å². The molecule has 1 aliphatic carbocycles. The number of halogens is 3. The molecule has 0 radical (unpaired) electrons. The molecule has 10 nitrogen and oxygen atoms in total. The highest BCUT2D eigenvalue weighted by atomic mass is 19.4. The van der Waals surface area contributed by atoms with Crippen molar-refractivity contribution < 1.29 is 22.8 Å². The number of nitrogens with one attached hydrogen (secondary N) is 3. The van der Waals surface area contributed by atoms with Gasteiger partial charge in [0.05, 0.1) is 29.1 Å². The number of carbonyl (C=O) groups is 2. The van der Waals surface area contributed by atoms with E-state index in [1.807, 2.05) is 18.0 Å². The second kappa shape index (κ2) is 14.1. The molecule has 1 fully saturated rings. The van der Waals surface area contributed by atoms with Crippen LogP contribution in [0.2, 0.25) is 0 Å². The summed E-state index contributed by atoms with van der Waals surface area (Å²) in [5.74, 6) is -0.863. The van der Waals surface area contributed by atoms with Gasteiger partial charge < -0.3 is 22.1 Å². The SMILES string of the molecule is CN(C/C=C/c1cnc(N)c(C(=N)c2ccc(C(=O)Nc3cc(C(F)(F)F)ccn3)cc2)c1N)CC(=O)NC1CCCCC1. The zero-order chi connectivity index (χ0) is 31.9. The Hall–Kier alpha value is -4.78. The fourth-order valence-electron chi connectivity index (χ4n) is 4.94. The van der Waals surface area contributed by atoms with Gasteiger partial charge in [-0.2, -0.15) is 13.2 Å². The van der Waals surface area contributed by atoms with E-state index in [-0.39, 0.29) is 52.7 Å². The molecule has 2 amide bonds. The van der Waals surface area contributed by atoms with E-state index in [1.165, 1.54) is 36.9 Å². The summed E-state index contributed by atoms with van der Waals surface area (Å²) in [6.07, 6.45) is 7.05. The summed E-state index contributed by atoms with van der Waals surface area (Å²) in [6.45, 7) is 0.741. The maximum absolute atomic E-state index is 13.0. The van der Waals surface area contributed by atoms with Crippen molar-refractivity contribution in [1.29, 1.82) is 5.41 Å². The lowest BCUT2D eigenvalue weighted by molar-refractivity contribution is -0.137. The van der Waals surface area contributed by atoms with Crippen molar-refractivity contribution in [3.05, 3.63) is 82.7 Å². The molecule has 232 valence electrons. The molecule has 2 heterocycles. The predicted molar refractivity (Wildman–Crippen MR) is 164 cm³/mol. The predicted octanol–water partition coefficient (Wildman–Crippen LogP) is 4.72. The van der Waals surface area contributed by atoms with Gasteiger partial charge in [0.25, 0.3) is 5.91 Å². The van der Waals surface area contributed by atoms with Gasteiger partial charge >= 0.3 is 6.18 Å². The van der Waals surface area contributed by atoms with Gasteiger partial charge in [0.1, 0.15) is 11.6 Å². The number of nitrogens with zero attached hydrogens (tertiary/aromatic N) is 3. The zero-order valence-corrected chi connectivity index (χ0v) is 24.2. The summed E-state index contributed by atoms with van der Waals surface area (Å²) in [5.41, 5.74) is 13.1. The quantitative estimate of drug-likeness (QED) is 0.208. The van der Waals surface area contributed by atoms with Gasteiger partial charge in [-0.05, 0) is 44.2 Å². The summed E-state index contributed by atoms with van der Waals surface area (Å²) in [5, 5.41) is 14.2. The number of anilines is 3. The highest BCUT2D eigenvalue weighted by Crippen LogP contribution is 2.30. The highest BCUT2D eigenvalue weighted by Gasteiger charge is 2.31. The largest absolute Gasteiger partial charge is 0.416 e. The molecular weight excluding hydrogens is 573 g/mol. The number of carbonyl (C=O) groups excluding carboxylic acids is 2. The first-order valence-corrected chi connectivity index (χ1v) is 14.1. The van der Waals surface area contributed by atoms with Crippen LogP contribution in [0.4, 0.5) is 30.5 Å². The Morgan fingerprint density at radius 3 is 2.43 bits per heavy atom. The monoisotopic (exact) mass is 608 g/mol. The summed E-state index contributed by atoms with van der Waals surface area (Å²) < 4.78 is 38.9. The Kier molecular flexibility index (Phi) is 10.3. The van der Waals surface area contributed by atoms with Crippen molar-refractivity contribution in [3.63, 3.8) is 0 Å². The van der Waals surface area contributed by atoms with E-state index in [1.54, 1.807) is 6.08 Å². The van der Waals surface area contributed by atoms with Gasteiger partial charge in [0, 0.05) is 41.7 Å². The highest BCUT2D eigenvalue weighted by molar-refractivity contribution is 6.17. The number of benzene rings is 1. The number of hydrogen-bond donors (Lipinski definition) is 5. The van der Waals surface area contributed by atoms with Crippen LogP contribution < -0.4 is 22.1 Å². The minimum Gasteiger partial charge on any atom is -0.398 e. The smallest absolute Gasteiger partial charge is 0.398 e. The fraction of sp³-hybridized carbons (Fsp3) is 0.323. The Bertz CT molecular complexity index is 1530. The lowest BCUT2D eigenvalue weighted by Crippen LogP contribution is -2.41. The number of nitrogen functional groups attached to an aromatic ring is 2. The molecule has 1 aliphatic rings. The molecule has 0 aliphatic heterocycles. The number of likely N-dealkylation sites (N-methyl/N-ethyl adjacent to an activating group) is 1. The normalized spacial score (nSPS) is 14.1. The topological polar surface area (TPSA) is 163 Å². The molecule has 0 saturated heterocycles. The van der Waals surface area contributed by atoms with Crippen LogP contribution >= 0.6 is 0 Å². The Morgan fingerprint density at radius 2 is 1.75 bits per heavy atom. The van der Waals surface area contributed by atoms with Gasteiger partial charge in [-0.25, -0.2) is 9.97 Å². The lowest BCUT2D eigenvalue weighted by atomic mass is 9.95. The summed E-state index contributed by atoms with van der Waals surface area (Å²) in [4.78, 5) is 34.8. The van der Waals surface area contributed by atoms with Gasteiger partial charge in [0.2, 0.25) is 5.91 Å². The fourth-order valence-corrected chi connectivity index (χ4v) is 4.94. The Balaban J connectivity index is 1.38. The minimum absolute atomic E-state index is 0.00646. The van der Waals surface area contributed by atoms with Crippen LogP contribution in [0.5, 0.6) is 0 Å². The van der Waals surface area contributed by atoms with Crippen molar-refractivity contribution >= 4 is 40.9 Å². The molecule has 0 spiro atoms. The van der Waals surface area contributed by atoms with Crippen LogP contribution in [-0.2, 0) is 11.0 Å². The van der Waals surface area contributed by atoms with Crippen molar-refractivity contribution in [2.45, 2.75) is 44.3 Å². The van der Waals surface area contributed by atoms with Crippen molar-refractivity contribution in [2.24, 2.45) is 0 Å². The second-order valence-electron chi connectivity index (χ2n) is 10.7. The van der Waals surface area contributed by atoms with E-state index in [2.05, 4.69) is 20.6 Å². The third-order valence-corrected chi connectivity index (χ3v) is 7.29. The number of rotatable bonds is 10. The molecule has 7 N–H and O–H groups in total. The van der Waals surface area contributed by atoms with Gasteiger partial charge in [-0.3, -0.25) is 19.9 Å². The molecule has 2 aromatic heterocycles. The first-order chi connectivity index (χ1) is 20.9. The van der Waals surface area contributed by atoms with Crippen LogP contribution in [-0.4, -0.2) is 58.6 Å². The Morgan fingerprint density at radius 1 is 1.07 bits per heavy atom.